The van der Waals surface area contributed by atoms with Crippen LogP contribution in [-0.2, 0) is 9.53 Å². The Kier molecular flexibility index (Phi) is 3.53. The topological polar surface area (TPSA) is 35.5 Å². The fourth-order valence-electron chi connectivity index (χ4n) is 0.828. The van der Waals surface area contributed by atoms with Crippen LogP contribution in [0.15, 0.2) is 18.2 Å². The second-order valence-corrected chi connectivity index (χ2v) is 2.48. The minimum Gasteiger partial charge on any atom is -0.422 e. The van der Waals surface area contributed by atoms with Crippen molar-refractivity contribution in [3.05, 3.63) is 29.8 Å². The minimum absolute atomic E-state index is 0.281. The van der Waals surface area contributed by atoms with Gasteiger partial charge in [-0.25, -0.2) is 13.6 Å². The Morgan fingerprint density at radius 3 is 2.71 bits per heavy atom. The normalized spacial score (nSPS) is 9.93. The van der Waals surface area contributed by atoms with Crippen LogP contribution >= 0.6 is 0 Å². The van der Waals surface area contributed by atoms with E-state index >= 15 is 0 Å². The zero-order chi connectivity index (χ0) is 10.6. The van der Waals surface area contributed by atoms with Crippen molar-refractivity contribution in [1.82, 2.24) is 0 Å². The molecule has 1 aromatic rings. The zero-order valence-corrected chi connectivity index (χ0v) is 7.42. The maximum absolute atomic E-state index is 12.9. The highest BCUT2D eigenvalue weighted by Crippen LogP contribution is 2.17. The molecule has 1 aromatic carbocycles. The van der Waals surface area contributed by atoms with Crippen molar-refractivity contribution in [2.45, 2.75) is 0 Å². The van der Waals surface area contributed by atoms with E-state index < -0.39 is 17.6 Å². The van der Waals surface area contributed by atoms with Crippen LogP contribution in [0, 0.1) is 11.6 Å². The average molecular weight is 202 g/mol. The molecule has 5 heteroatoms. The summed E-state index contributed by atoms with van der Waals surface area (Å²) in [6, 6.07) is 2.67. The maximum atomic E-state index is 12.9. The smallest absolute Gasteiger partial charge is 0.337 e. The molecule has 3 nitrogen and oxygen atoms in total. The number of ether oxygens (including phenoxy) is 2. The Morgan fingerprint density at radius 1 is 1.43 bits per heavy atom. The first kappa shape index (κ1) is 10.6. The molecule has 0 saturated carbocycles. The Morgan fingerprint density at radius 2 is 2.14 bits per heavy atom. The highest BCUT2D eigenvalue weighted by atomic mass is 19.1. The van der Waals surface area contributed by atoms with Gasteiger partial charge in [0.25, 0.3) is 0 Å². The van der Waals surface area contributed by atoms with Crippen LogP contribution < -0.4 is 4.74 Å². The minimum atomic E-state index is -0.922. The maximum Gasteiger partial charge on any atom is 0.337 e. The summed E-state index contributed by atoms with van der Waals surface area (Å²) in [5, 5.41) is 0. The van der Waals surface area contributed by atoms with Crippen LogP contribution in [-0.4, -0.2) is 19.7 Å². The molecule has 0 fully saturated rings. The molecule has 1 rings (SSSR count). The van der Waals surface area contributed by atoms with Crippen molar-refractivity contribution in [3.8, 4) is 5.75 Å². The molecule has 0 aliphatic heterocycles. The van der Waals surface area contributed by atoms with E-state index in [1.54, 1.807) is 0 Å². The van der Waals surface area contributed by atoms with E-state index in [0.717, 1.165) is 12.1 Å². The second-order valence-electron chi connectivity index (χ2n) is 2.48. The summed E-state index contributed by atoms with van der Waals surface area (Å²) in [6.45, 7) is -0.281. The molecule has 0 aromatic heterocycles. The average Bonchev–Trinajstić information content (AvgIpc) is 2.10. The van der Waals surface area contributed by atoms with Gasteiger partial charge in [0.15, 0.2) is 11.6 Å². The molecule has 0 amide bonds. The summed E-state index contributed by atoms with van der Waals surface area (Å²) in [5.74, 6) is -2.70. The van der Waals surface area contributed by atoms with Gasteiger partial charge in [0.05, 0.1) is 0 Å². The SMILES string of the molecule is COCC(=O)Oc1ccc(F)cc1F. The van der Waals surface area contributed by atoms with E-state index in [-0.39, 0.29) is 12.4 Å². The van der Waals surface area contributed by atoms with Crippen molar-refractivity contribution in [3.63, 3.8) is 0 Å². The van der Waals surface area contributed by atoms with Crippen LogP contribution in [0.1, 0.15) is 0 Å². The monoisotopic (exact) mass is 202 g/mol. The number of esters is 1. The first-order valence-corrected chi connectivity index (χ1v) is 3.78. The van der Waals surface area contributed by atoms with Crippen molar-refractivity contribution in [2.24, 2.45) is 0 Å². The van der Waals surface area contributed by atoms with E-state index in [1.165, 1.54) is 7.11 Å². The van der Waals surface area contributed by atoms with E-state index in [2.05, 4.69) is 9.47 Å². The Labute approximate surface area is 79.2 Å². The van der Waals surface area contributed by atoms with Gasteiger partial charge in [0, 0.05) is 13.2 Å². The van der Waals surface area contributed by atoms with Gasteiger partial charge in [0.1, 0.15) is 12.4 Å². The Balaban J connectivity index is 2.72. The molecule has 0 bridgehead atoms. The molecule has 0 spiro atoms. The van der Waals surface area contributed by atoms with Crippen LogP contribution in [0.4, 0.5) is 8.78 Å². The van der Waals surface area contributed by atoms with Crippen LogP contribution in [0.25, 0.3) is 0 Å². The number of hydrogen-bond acceptors (Lipinski definition) is 3. The molecule has 0 radical (unpaired) electrons. The lowest BCUT2D eigenvalue weighted by Gasteiger charge is -2.03. The number of hydrogen-bond donors (Lipinski definition) is 0. The van der Waals surface area contributed by atoms with Crippen LogP contribution in [0.2, 0.25) is 0 Å². The number of carbonyl (C=O) groups is 1. The summed E-state index contributed by atoms with van der Waals surface area (Å²) < 4.78 is 34.3. The van der Waals surface area contributed by atoms with Crippen LogP contribution in [0.3, 0.4) is 0 Å². The first-order chi connectivity index (χ1) is 6.63. The highest BCUT2D eigenvalue weighted by Gasteiger charge is 2.09. The molecular weight excluding hydrogens is 194 g/mol. The van der Waals surface area contributed by atoms with Gasteiger partial charge in [-0.2, -0.15) is 0 Å². The third-order valence-electron chi connectivity index (χ3n) is 1.38. The molecule has 14 heavy (non-hydrogen) atoms. The summed E-state index contributed by atoms with van der Waals surface area (Å²) in [7, 11) is 1.31. The Hall–Kier alpha value is -1.49. The van der Waals surface area contributed by atoms with E-state index in [1.807, 2.05) is 0 Å². The van der Waals surface area contributed by atoms with E-state index in [4.69, 9.17) is 0 Å². The Bertz CT molecular complexity index is 339. The number of carbonyl (C=O) groups excluding carboxylic acids is 1. The van der Waals surface area contributed by atoms with Crippen LogP contribution in [0.5, 0.6) is 5.75 Å². The molecule has 76 valence electrons. The van der Waals surface area contributed by atoms with Gasteiger partial charge in [-0.05, 0) is 12.1 Å². The molecule has 0 saturated heterocycles. The number of rotatable bonds is 3. The lowest BCUT2D eigenvalue weighted by Crippen LogP contribution is -2.14. The van der Waals surface area contributed by atoms with Gasteiger partial charge >= 0.3 is 5.97 Å². The zero-order valence-electron chi connectivity index (χ0n) is 7.42. The number of methoxy groups -OCH3 is 1. The van der Waals surface area contributed by atoms with Gasteiger partial charge in [-0.1, -0.05) is 0 Å². The predicted octanol–water partition coefficient (Wildman–Crippen LogP) is 1.52. The lowest BCUT2D eigenvalue weighted by molar-refractivity contribution is -0.138. The quantitative estimate of drug-likeness (QED) is 0.550. The predicted molar refractivity (Wildman–Crippen MR) is 43.9 cm³/mol. The van der Waals surface area contributed by atoms with Crippen molar-refractivity contribution in [2.75, 3.05) is 13.7 Å². The van der Waals surface area contributed by atoms with E-state index in [0.29, 0.717) is 6.07 Å². The van der Waals surface area contributed by atoms with Gasteiger partial charge in [-0.3, -0.25) is 0 Å². The first-order valence-electron chi connectivity index (χ1n) is 3.78. The molecule has 0 unspecified atom stereocenters. The summed E-state index contributed by atoms with van der Waals surface area (Å²) in [6.07, 6.45) is 0. The molecule has 0 atom stereocenters. The molecule has 0 aliphatic rings. The highest BCUT2D eigenvalue weighted by molar-refractivity contribution is 5.73. The van der Waals surface area contributed by atoms with E-state index in [9.17, 15) is 13.6 Å². The molecule has 0 N–H and O–H groups in total. The van der Waals surface area contributed by atoms with Crippen molar-refractivity contribution < 1.29 is 23.0 Å². The largest absolute Gasteiger partial charge is 0.422 e. The molecular formula is C9H8F2O3. The second kappa shape index (κ2) is 4.66. The third kappa shape index (κ3) is 2.77. The lowest BCUT2D eigenvalue weighted by atomic mass is 10.3. The summed E-state index contributed by atoms with van der Waals surface area (Å²) in [4.78, 5) is 10.8. The molecule has 0 aliphatic carbocycles. The van der Waals surface area contributed by atoms with Gasteiger partial charge in [-0.15, -0.1) is 0 Å². The fraction of sp³-hybridized carbons (Fsp3) is 0.222. The third-order valence-corrected chi connectivity index (χ3v) is 1.38. The fourth-order valence-corrected chi connectivity index (χ4v) is 0.828. The number of benzene rings is 1. The standard InChI is InChI=1S/C9H8F2O3/c1-13-5-9(12)14-8-3-2-6(10)4-7(8)11/h2-4H,5H2,1H3. The summed E-state index contributed by atoms with van der Waals surface area (Å²) in [5.41, 5.74) is 0. The molecule has 0 heterocycles. The number of halogens is 2. The van der Waals surface area contributed by atoms with Gasteiger partial charge in [0.2, 0.25) is 0 Å². The van der Waals surface area contributed by atoms with Gasteiger partial charge < -0.3 is 9.47 Å². The van der Waals surface area contributed by atoms with Crippen molar-refractivity contribution >= 4 is 5.97 Å². The van der Waals surface area contributed by atoms with Crippen molar-refractivity contribution in [1.29, 1.82) is 0 Å². The summed E-state index contributed by atoms with van der Waals surface area (Å²) >= 11 is 0.